The highest BCUT2D eigenvalue weighted by Gasteiger charge is 2.35. The molecule has 0 bridgehead atoms. The van der Waals surface area contributed by atoms with Gasteiger partial charge in [-0.1, -0.05) is 22.9 Å². The van der Waals surface area contributed by atoms with Crippen molar-refractivity contribution in [3.8, 4) is 11.8 Å². The molecule has 1 aliphatic rings. The molecule has 2 aromatic heterocycles. The van der Waals surface area contributed by atoms with Gasteiger partial charge in [0, 0.05) is 13.0 Å². The van der Waals surface area contributed by atoms with Crippen molar-refractivity contribution in [2.45, 2.75) is 51.6 Å². The maximum atomic E-state index is 12.6. The van der Waals surface area contributed by atoms with Crippen LogP contribution >= 0.6 is 22.9 Å². The van der Waals surface area contributed by atoms with Gasteiger partial charge in [0.1, 0.15) is 12.9 Å². The molecular weight excluding hydrogens is 475 g/mol. The summed E-state index contributed by atoms with van der Waals surface area (Å²) in [5, 5.41) is 8.29. The number of nitrogens with one attached hydrogen (secondary N) is 1. The first kappa shape index (κ1) is 24.4. The zero-order valence-corrected chi connectivity index (χ0v) is 18.8. The van der Waals surface area contributed by atoms with Crippen molar-refractivity contribution in [3.63, 3.8) is 0 Å². The normalized spacial score (nSPS) is 19.2. The molecule has 2 aromatic rings. The molecular formula is C18H21ClF3N5O4S. The van der Waals surface area contributed by atoms with Gasteiger partial charge in [-0.05, 0) is 25.7 Å². The lowest BCUT2D eigenvalue weighted by Gasteiger charge is -2.35. The number of hydrogen-bond donors (Lipinski definition) is 1. The van der Waals surface area contributed by atoms with Crippen LogP contribution in [0.25, 0.3) is 0 Å². The molecule has 9 nitrogen and oxygen atoms in total. The van der Waals surface area contributed by atoms with Gasteiger partial charge in [-0.3, -0.25) is 4.79 Å². The average Bonchev–Trinajstić information content (AvgIpc) is 3.15. The first-order valence-electron chi connectivity index (χ1n) is 9.66. The maximum absolute atomic E-state index is 12.6. The van der Waals surface area contributed by atoms with Crippen LogP contribution in [0.5, 0.6) is 11.8 Å². The lowest BCUT2D eigenvalue weighted by atomic mass is 9.83. The Balaban J connectivity index is 1.42. The number of halogens is 4. The van der Waals surface area contributed by atoms with Crippen molar-refractivity contribution >= 4 is 28.8 Å². The van der Waals surface area contributed by atoms with E-state index in [1.807, 2.05) is 6.92 Å². The third-order valence-corrected chi connectivity index (χ3v) is 5.71. The number of carbonyl (C=O) groups is 1. The van der Waals surface area contributed by atoms with Crippen molar-refractivity contribution in [1.29, 1.82) is 0 Å². The Kier molecular flexibility index (Phi) is 8.06. The van der Waals surface area contributed by atoms with Gasteiger partial charge in [0.25, 0.3) is 0 Å². The molecule has 0 spiro atoms. The fraction of sp³-hybridized carbons (Fsp3) is 0.611. The van der Waals surface area contributed by atoms with E-state index in [4.69, 9.17) is 25.8 Å². The summed E-state index contributed by atoms with van der Waals surface area (Å²) in [6, 6.07) is -0.0544. The summed E-state index contributed by atoms with van der Waals surface area (Å²) in [6.07, 6.45) is -1.66. The third kappa shape index (κ3) is 6.87. The van der Waals surface area contributed by atoms with E-state index >= 15 is 0 Å². The highest BCUT2D eigenvalue weighted by Crippen LogP contribution is 2.35. The summed E-state index contributed by atoms with van der Waals surface area (Å²) in [4.78, 5) is 18.9. The molecule has 0 radical (unpaired) electrons. The minimum absolute atomic E-state index is 0.0179. The van der Waals surface area contributed by atoms with E-state index in [0.717, 1.165) is 12.8 Å². The minimum atomic E-state index is -4.56. The van der Waals surface area contributed by atoms with Crippen LogP contribution in [0.2, 0.25) is 5.02 Å². The van der Waals surface area contributed by atoms with Crippen LogP contribution in [0.1, 0.15) is 36.7 Å². The number of rotatable bonds is 10. The largest absolute Gasteiger partial charge is 0.476 e. The number of amides is 1. The molecule has 14 heteroatoms. The van der Waals surface area contributed by atoms with Crippen molar-refractivity contribution in [2.75, 3.05) is 13.2 Å². The topological polar surface area (TPSA) is 108 Å². The van der Waals surface area contributed by atoms with Gasteiger partial charge in [-0.2, -0.15) is 13.2 Å². The van der Waals surface area contributed by atoms with Gasteiger partial charge >= 0.3 is 6.18 Å². The van der Waals surface area contributed by atoms with Crippen LogP contribution in [-0.2, 0) is 22.3 Å². The predicted molar refractivity (Wildman–Crippen MR) is 108 cm³/mol. The van der Waals surface area contributed by atoms with Crippen molar-refractivity contribution in [1.82, 2.24) is 25.5 Å². The van der Waals surface area contributed by atoms with Gasteiger partial charge in [0.05, 0.1) is 19.3 Å². The number of alkyl halides is 3. The maximum Gasteiger partial charge on any atom is 0.445 e. The van der Waals surface area contributed by atoms with Crippen LogP contribution < -0.4 is 14.8 Å². The van der Waals surface area contributed by atoms with Crippen molar-refractivity contribution < 1.29 is 32.2 Å². The second-order valence-electron chi connectivity index (χ2n) is 7.29. The van der Waals surface area contributed by atoms with Crippen LogP contribution in [0.4, 0.5) is 13.2 Å². The van der Waals surface area contributed by atoms with E-state index in [1.54, 1.807) is 0 Å². The fourth-order valence-corrected chi connectivity index (χ4v) is 3.74. The summed E-state index contributed by atoms with van der Waals surface area (Å²) < 4.78 is 54.6. The Labute approximate surface area is 190 Å². The van der Waals surface area contributed by atoms with E-state index in [9.17, 15) is 18.0 Å². The molecule has 1 N–H and O–H groups in total. The summed E-state index contributed by atoms with van der Waals surface area (Å²) >= 11 is 6.59. The summed E-state index contributed by atoms with van der Waals surface area (Å²) in [5.74, 6) is 0.254. The van der Waals surface area contributed by atoms with Crippen LogP contribution in [0.15, 0.2) is 6.33 Å². The third-order valence-electron chi connectivity index (χ3n) is 4.45. The molecule has 0 saturated heterocycles. The number of aromatic nitrogens is 4. The van der Waals surface area contributed by atoms with E-state index in [2.05, 4.69) is 25.5 Å². The van der Waals surface area contributed by atoms with Crippen molar-refractivity contribution in [3.05, 3.63) is 21.4 Å². The zero-order valence-electron chi connectivity index (χ0n) is 17.2. The molecule has 0 aliphatic heterocycles. The minimum Gasteiger partial charge on any atom is -0.476 e. The lowest BCUT2D eigenvalue weighted by Crippen LogP contribution is -2.40. The number of carbonyl (C=O) groups excluding carboxylic acids is 1. The second kappa shape index (κ2) is 10.6. The molecule has 0 unspecified atom stereocenters. The first-order chi connectivity index (χ1) is 15.1. The quantitative estimate of drug-likeness (QED) is 0.535. The van der Waals surface area contributed by atoms with E-state index < -0.39 is 11.2 Å². The van der Waals surface area contributed by atoms with E-state index in [1.165, 1.54) is 13.3 Å². The first-order valence-corrected chi connectivity index (χ1v) is 10.9. The summed E-state index contributed by atoms with van der Waals surface area (Å²) in [5.41, 5.74) is 0. The smallest absolute Gasteiger partial charge is 0.445 e. The van der Waals surface area contributed by atoms with Crippen LogP contribution in [0, 0.1) is 5.92 Å². The van der Waals surface area contributed by atoms with Crippen LogP contribution in [0.3, 0.4) is 0 Å². The summed E-state index contributed by atoms with van der Waals surface area (Å²) in [6.45, 7) is 3.86. The molecule has 176 valence electrons. The van der Waals surface area contributed by atoms with Crippen LogP contribution in [-0.4, -0.2) is 51.4 Å². The Morgan fingerprint density at radius 1 is 1.28 bits per heavy atom. The molecule has 32 heavy (non-hydrogen) atoms. The standard InChI is InChI=1S/C18H21ClF3N5O4S/c1-9(25-10(2)28)5-29-12-3-11(4-12)6-30-15-14(19)16(24-8-23-15)31-7-13-26-27-17(32-13)18(20,21)22/h8-9,11-12H,3-7H2,1-2H3,(H,25,28)/t9-,11?,12?/m0/s1. The number of hydrogen-bond acceptors (Lipinski definition) is 9. The van der Waals surface area contributed by atoms with E-state index in [0.29, 0.717) is 24.6 Å². The van der Waals surface area contributed by atoms with Gasteiger partial charge < -0.3 is 19.5 Å². The summed E-state index contributed by atoms with van der Waals surface area (Å²) in [7, 11) is 0. The molecule has 2 heterocycles. The Bertz CT molecular complexity index is 926. The Hall–Kier alpha value is -2.25. The van der Waals surface area contributed by atoms with Gasteiger partial charge in [0.15, 0.2) is 10.0 Å². The number of ether oxygens (including phenoxy) is 3. The molecule has 1 saturated carbocycles. The highest BCUT2D eigenvalue weighted by molar-refractivity contribution is 7.11. The highest BCUT2D eigenvalue weighted by atomic mass is 35.5. The van der Waals surface area contributed by atoms with E-state index in [-0.39, 0.29) is 52.4 Å². The lowest BCUT2D eigenvalue weighted by molar-refractivity contribution is -0.138. The SMILES string of the molecule is CC(=O)N[C@@H](C)COC1CC(COc2ncnc(OCc3nnc(C(F)(F)F)s3)c2Cl)C1. The molecule has 1 aliphatic carbocycles. The van der Waals surface area contributed by atoms with Gasteiger partial charge in [0.2, 0.25) is 22.7 Å². The van der Waals surface area contributed by atoms with Gasteiger partial charge in [-0.15, -0.1) is 10.2 Å². The Morgan fingerprint density at radius 3 is 2.59 bits per heavy atom. The van der Waals surface area contributed by atoms with Gasteiger partial charge in [-0.25, -0.2) is 9.97 Å². The predicted octanol–water partition coefficient (Wildman–Crippen LogP) is 3.28. The number of nitrogens with zero attached hydrogens (tertiary/aromatic N) is 4. The Morgan fingerprint density at radius 2 is 1.97 bits per heavy atom. The molecule has 0 aromatic carbocycles. The average molecular weight is 496 g/mol. The monoisotopic (exact) mass is 495 g/mol. The second-order valence-corrected chi connectivity index (χ2v) is 8.73. The van der Waals surface area contributed by atoms with Crippen molar-refractivity contribution in [2.24, 2.45) is 5.92 Å². The molecule has 1 atom stereocenters. The molecule has 1 amide bonds. The molecule has 1 fully saturated rings. The zero-order chi connectivity index (χ0) is 23.3. The fourth-order valence-electron chi connectivity index (χ4n) is 2.91. The molecule has 3 rings (SSSR count).